The van der Waals surface area contributed by atoms with Gasteiger partial charge in [-0.2, -0.15) is 0 Å². The number of ether oxygens (including phenoxy) is 2. The predicted octanol–water partition coefficient (Wildman–Crippen LogP) is 1.65. The number of hydrogen-bond acceptors (Lipinski definition) is 4. The van der Waals surface area contributed by atoms with Crippen molar-refractivity contribution in [2.24, 2.45) is 5.73 Å². The highest BCUT2D eigenvalue weighted by Gasteiger charge is 2.11. The molecule has 1 heterocycles. The van der Waals surface area contributed by atoms with Crippen LogP contribution in [-0.4, -0.2) is 49.3 Å². The SMILES string of the molecule is Cc1cc(C(N)=S)cc(C)c1OCCN1CCOCC1. The number of benzene rings is 1. The predicted molar refractivity (Wildman–Crippen MR) is 84.6 cm³/mol. The van der Waals surface area contributed by atoms with Crippen molar-refractivity contribution in [3.05, 3.63) is 28.8 Å². The Hall–Kier alpha value is -1.17. The molecule has 0 aliphatic carbocycles. The molecule has 1 aliphatic rings. The largest absolute Gasteiger partial charge is 0.492 e. The molecular weight excluding hydrogens is 272 g/mol. The van der Waals surface area contributed by atoms with Crippen LogP contribution in [0.15, 0.2) is 12.1 Å². The van der Waals surface area contributed by atoms with E-state index in [9.17, 15) is 0 Å². The number of nitrogens with two attached hydrogens (primary N) is 1. The van der Waals surface area contributed by atoms with Gasteiger partial charge in [-0.05, 0) is 37.1 Å². The molecule has 110 valence electrons. The van der Waals surface area contributed by atoms with E-state index in [1.807, 2.05) is 26.0 Å². The summed E-state index contributed by atoms with van der Waals surface area (Å²) in [5.74, 6) is 0.943. The topological polar surface area (TPSA) is 47.7 Å². The van der Waals surface area contributed by atoms with Gasteiger partial charge in [-0.25, -0.2) is 0 Å². The summed E-state index contributed by atoms with van der Waals surface area (Å²) in [6.07, 6.45) is 0. The quantitative estimate of drug-likeness (QED) is 0.837. The maximum Gasteiger partial charge on any atom is 0.125 e. The number of morpholine rings is 1. The molecule has 1 aliphatic heterocycles. The maximum atomic E-state index is 5.94. The van der Waals surface area contributed by atoms with E-state index in [2.05, 4.69) is 4.90 Å². The average molecular weight is 294 g/mol. The molecule has 0 amide bonds. The van der Waals surface area contributed by atoms with Crippen LogP contribution in [0.25, 0.3) is 0 Å². The molecule has 2 rings (SSSR count). The zero-order valence-corrected chi connectivity index (χ0v) is 13.0. The van der Waals surface area contributed by atoms with Gasteiger partial charge >= 0.3 is 0 Å². The van der Waals surface area contributed by atoms with Crippen molar-refractivity contribution < 1.29 is 9.47 Å². The van der Waals surface area contributed by atoms with Crippen LogP contribution in [0, 0.1) is 13.8 Å². The third kappa shape index (κ3) is 3.91. The van der Waals surface area contributed by atoms with Gasteiger partial charge in [0.2, 0.25) is 0 Å². The van der Waals surface area contributed by atoms with E-state index >= 15 is 0 Å². The van der Waals surface area contributed by atoms with Gasteiger partial charge in [0.05, 0.1) is 13.2 Å². The lowest BCUT2D eigenvalue weighted by Gasteiger charge is -2.26. The smallest absolute Gasteiger partial charge is 0.125 e. The number of hydrogen-bond donors (Lipinski definition) is 1. The lowest BCUT2D eigenvalue weighted by molar-refractivity contribution is 0.0322. The highest BCUT2D eigenvalue weighted by Crippen LogP contribution is 2.24. The first-order chi connectivity index (χ1) is 9.58. The van der Waals surface area contributed by atoms with Crippen LogP contribution in [0.5, 0.6) is 5.75 Å². The van der Waals surface area contributed by atoms with E-state index in [0.29, 0.717) is 11.6 Å². The van der Waals surface area contributed by atoms with Crippen LogP contribution in [-0.2, 0) is 4.74 Å². The molecule has 0 radical (unpaired) electrons. The first-order valence-electron chi connectivity index (χ1n) is 6.92. The molecule has 1 saturated heterocycles. The van der Waals surface area contributed by atoms with Crippen molar-refractivity contribution in [1.29, 1.82) is 0 Å². The van der Waals surface area contributed by atoms with Gasteiger partial charge in [0, 0.05) is 25.2 Å². The Morgan fingerprint density at radius 2 is 1.90 bits per heavy atom. The first kappa shape index (κ1) is 15.2. The van der Waals surface area contributed by atoms with E-state index in [1.54, 1.807) is 0 Å². The van der Waals surface area contributed by atoms with Crippen LogP contribution in [0.3, 0.4) is 0 Å². The highest BCUT2D eigenvalue weighted by molar-refractivity contribution is 7.80. The van der Waals surface area contributed by atoms with Gasteiger partial charge < -0.3 is 15.2 Å². The highest BCUT2D eigenvalue weighted by atomic mass is 32.1. The molecule has 2 N–H and O–H groups in total. The Bertz CT molecular complexity index is 462. The number of nitrogens with zero attached hydrogens (tertiary/aromatic N) is 1. The molecule has 1 aromatic rings. The Morgan fingerprint density at radius 3 is 2.45 bits per heavy atom. The van der Waals surface area contributed by atoms with Crippen molar-refractivity contribution in [2.45, 2.75) is 13.8 Å². The summed E-state index contributed by atoms with van der Waals surface area (Å²) < 4.78 is 11.3. The minimum atomic E-state index is 0.427. The van der Waals surface area contributed by atoms with E-state index in [1.165, 1.54) is 0 Å². The molecular formula is C15H22N2O2S. The van der Waals surface area contributed by atoms with E-state index in [-0.39, 0.29) is 0 Å². The molecule has 0 bridgehead atoms. The van der Waals surface area contributed by atoms with Gasteiger partial charge in [0.1, 0.15) is 17.3 Å². The monoisotopic (exact) mass is 294 g/mol. The molecule has 0 atom stereocenters. The molecule has 4 nitrogen and oxygen atoms in total. The first-order valence-corrected chi connectivity index (χ1v) is 7.32. The standard InChI is InChI=1S/C15H22N2O2S/c1-11-9-13(15(16)20)10-12(2)14(11)19-8-5-17-3-6-18-7-4-17/h9-10H,3-8H2,1-2H3,(H2,16,20). The minimum Gasteiger partial charge on any atom is -0.492 e. The maximum absolute atomic E-state index is 5.94. The summed E-state index contributed by atoms with van der Waals surface area (Å²) in [6.45, 7) is 9.29. The Labute approximate surface area is 125 Å². The fourth-order valence-corrected chi connectivity index (χ4v) is 2.54. The molecule has 0 spiro atoms. The third-order valence-electron chi connectivity index (χ3n) is 3.50. The van der Waals surface area contributed by atoms with Crippen LogP contribution in [0.4, 0.5) is 0 Å². The Kier molecular flexibility index (Phi) is 5.34. The van der Waals surface area contributed by atoms with Crippen LogP contribution in [0.1, 0.15) is 16.7 Å². The Morgan fingerprint density at radius 1 is 1.30 bits per heavy atom. The Balaban J connectivity index is 1.93. The zero-order chi connectivity index (χ0) is 14.5. The summed E-state index contributed by atoms with van der Waals surface area (Å²) >= 11 is 5.02. The molecule has 20 heavy (non-hydrogen) atoms. The van der Waals surface area contributed by atoms with Crippen molar-refractivity contribution >= 4 is 17.2 Å². The summed E-state index contributed by atoms with van der Waals surface area (Å²) in [5.41, 5.74) is 8.73. The molecule has 0 unspecified atom stereocenters. The van der Waals surface area contributed by atoms with Gasteiger partial charge in [0.15, 0.2) is 0 Å². The molecule has 0 aromatic heterocycles. The number of aryl methyl sites for hydroxylation is 2. The minimum absolute atomic E-state index is 0.427. The van der Waals surface area contributed by atoms with Crippen molar-refractivity contribution in [3.63, 3.8) is 0 Å². The average Bonchev–Trinajstić information content (AvgIpc) is 2.42. The van der Waals surface area contributed by atoms with Gasteiger partial charge in [0.25, 0.3) is 0 Å². The molecule has 5 heteroatoms. The third-order valence-corrected chi connectivity index (χ3v) is 3.74. The normalized spacial score (nSPS) is 16.1. The summed E-state index contributed by atoms with van der Waals surface area (Å²) in [7, 11) is 0. The second-order valence-corrected chi connectivity index (χ2v) is 5.55. The fourth-order valence-electron chi connectivity index (χ4n) is 2.42. The second kappa shape index (κ2) is 7.02. The molecule has 1 fully saturated rings. The van der Waals surface area contributed by atoms with E-state index in [4.69, 9.17) is 27.4 Å². The lowest BCUT2D eigenvalue weighted by Crippen LogP contribution is -2.38. The van der Waals surface area contributed by atoms with Crippen molar-refractivity contribution in [2.75, 3.05) is 39.5 Å². The zero-order valence-electron chi connectivity index (χ0n) is 12.1. The second-order valence-electron chi connectivity index (χ2n) is 5.11. The van der Waals surface area contributed by atoms with Gasteiger partial charge in [-0.15, -0.1) is 0 Å². The van der Waals surface area contributed by atoms with Gasteiger partial charge in [-0.1, -0.05) is 12.2 Å². The number of rotatable bonds is 5. The van der Waals surface area contributed by atoms with Crippen LogP contribution in [0.2, 0.25) is 0 Å². The molecule has 1 aromatic carbocycles. The van der Waals surface area contributed by atoms with Crippen molar-refractivity contribution in [3.8, 4) is 5.75 Å². The summed E-state index contributed by atoms with van der Waals surface area (Å²) in [5, 5.41) is 0. The lowest BCUT2D eigenvalue weighted by atomic mass is 10.1. The molecule has 0 saturated carbocycles. The summed E-state index contributed by atoms with van der Waals surface area (Å²) in [6, 6.07) is 3.97. The fraction of sp³-hybridized carbons (Fsp3) is 0.533. The van der Waals surface area contributed by atoms with Crippen LogP contribution >= 0.6 is 12.2 Å². The van der Waals surface area contributed by atoms with E-state index in [0.717, 1.165) is 55.3 Å². The van der Waals surface area contributed by atoms with Gasteiger partial charge in [-0.3, -0.25) is 4.90 Å². The summed E-state index contributed by atoms with van der Waals surface area (Å²) in [4.78, 5) is 2.79. The van der Waals surface area contributed by atoms with E-state index < -0.39 is 0 Å². The number of thiocarbonyl (C=S) groups is 1. The van der Waals surface area contributed by atoms with Crippen LogP contribution < -0.4 is 10.5 Å². The van der Waals surface area contributed by atoms with Crippen molar-refractivity contribution in [1.82, 2.24) is 4.90 Å².